The van der Waals surface area contributed by atoms with Gasteiger partial charge in [0, 0.05) is 18.0 Å². The average Bonchev–Trinajstić information content (AvgIpc) is 2.15. The molecule has 0 atom stereocenters. The first-order valence-electron chi connectivity index (χ1n) is 6.32. The molecule has 0 aromatic heterocycles. The fourth-order valence-corrected chi connectivity index (χ4v) is 1.58. The number of rotatable bonds is 6. The summed E-state index contributed by atoms with van der Waals surface area (Å²) in [5.74, 6) is 0.249. The highest BCUT2D eigenvalue weighted by Crippen LogP contribution is 2.19. The number of carbonyl (C=O) groups is 1. The first-order chi connectivity index (χ1) is 7.30. The molecular formula is C13H28N2O. The fraction of sp³-hybridized carbons (Fsp3) is 0.923. The smallest absolute Gasteiger partial charge is 0.228 e. The van der Waals surface area contributed by atoms with Gasteiger partial charge in [-0.3, -0.25) is 4.79 Å². The molecule has 96 valence electrons. The number of nitrogens with zero attached hydrogens (tertiary/aromatic N) is 1. The van der Waals surface area contributed by atoms with Crippen molar-refractivity contribution in [1.29, 1.82) is 0 Å². The number of hydrogen-bond donors (Lipinski definition) is 1. The summed E-state index contributed by atoms with van der Waals surface area (Å²) in [4.78, 5) is 14.2. The second-order valence-electron chi connectivity index (χ2n) is 5.55. The number of hydrogen-bond acceptors (Lipinski definition) is 2. The zero-order valence-corrected chi connectivity index (χ0v) is 11.8. The van der Waals surface area contributed by atoms with Crippen molar-refractivity contribution in [1.82, 2.24) is 10.2 Å². The lowest BCUT2D eigenvalue weighted by Crippen LogP contribution is -2.44. The second-order valence-corrected chi connectivity index (χ2v) is 5.55. The molecule has 0 saturated carbocycles. The minimum Gasteiger partial charge on any atom is -0.340 e. The first kappa shape index (κ1) is 15.4. The summed E-state index contributed by atoms with van der Waals surface area (Å²) in [6.07, 6.45) is 1.02. The van der Waals surface area contributed by atoms with Crippen molar-refractivity contribution in [2.24, 2.45) is 5.41 Å². The molecule has 0 rings (SSSR count). The lowest BCUT2D eigenvalue weighted by molar-refractivity contribution is -0.141. The minimum absolute atomic E-state index is 0.249. The van der Waals surface area contributed by atoms with Gasteiger partial charge in [0.05, 0.1) is 0 Å². The summed E-state index contributed by atoms with van der Waals surface area (Å²) < 4.78 is 0. The van der Waals surface area contributed by atoms with Crippen LogP contribution in [0.2, 0.25) is 0 Å². The van der Waals surface area contributed by atoms with Gasteiger partial charge in [-0.2, -0.15) is 0 Å². The molecular weight excluding hydrogens is 200 g/mol. The van der Waals surface area contributed by atoms with Gasteiger partial charge in [-0.15, -0.1) is 0 Å². The predicted molar refractivity (Wildman–Crippen MR) is 69.5 cm³/mol. The van der Waals surface area contributed by atoms with Crippen LogP contribution in [0.3, 0.4) is 0 Å². The SMILES string of the molecule is CCNCCCN(C(=O)C(C)(C)C)C(C)C. The van der Waals surface area contributed by atoms with E-state index in [1.54, 1.807) is 0 Å². The molecule has 3 nitrogen and oxygen atoms in total. The van der Waals surface area contributed by atoms with E-state index in [4.69, 9.17) is 0 Å². The van der Waals surface area contributed by atoms with Gasteiger partial charge in [0.25, 0.3) is 0 Å². The van der Waals surface area contributed by atoms with Gasteiger partial charge in [0.1, 0.15) is 0 Å². The summed E-state index contributed by atoms with van der Waals surface area (Å²) in [5, 5.41) is 3.28. The third kappa shape index (κ3) is 5.50. The van der Waals surface area contributed by atoms with E-state index in [2.05, 4.69) is 26.1 Å². The molecule has 0 saturated heterocycles. The van der Waals surface area contributed by atoms with Crippen LogP contribution in [0.25, 0.3) is 0 Å². The Labute approximate surface area is 101 Å². The molecule has 0 fully saturated rings. The van der Waals surface area contributed by atoms with Crippen LogP contribution < -0.4 is 5.32 Å². The Balaban J connectivity index is 4.23. The fourth-order valence-electron chi connectivity index (χ4n) is 1.58. The molecule has 16 heavy (non-hydrogen) atoms. The van der Waals surface area contributed by atoms with Gasteiger partial charge in [-0.1, -0.05) is 27.7 Å². The monoisotopic (exact) mass is 228 g/mol. The molecule has 0 aromatic rings. The van der Waals surface area contributed by atoms with Gasteiger partial charge >= 0.3 is 0 Å². The molecule has 0 aliphatic heterocycles. The Kier molecular flexibility index (Phi) is 6.65. The number of amides is 1. The van der Waals surface area contributed by atoms with Crippen LogP contribution in [0.4, 0.5) is 0 Å². The molecule has 1 amide bonds. The van der Waals surface area contributed by atoms with Crippen LogP contribution in [0.5, 0.6) is 0 Å². The largest absolute Gasteiger partial charge is 0.340 e. The van der Waals surface area contributed by atoms with Crippen LogP contribution in [0.15, 0.2) is 0 Å². The van der Waals surface area contributed by atoms with Crippen molar-refractivity contribution in [2.45, 2.75) is 54.0 Å². The molecule has 0 heterocycles. The quantitative estimate of drug-likeness (QED) is 0.707. The summed E-state index contributed by atoms with van der Waals surface area (Å²) in [6.45, 7) is 15.0. The van der Waals surface area contributed by atoms with E-state index in [1.807, 2.05) is 25.7 Å². The van der Waals surface area contributed by atoms with Gasteiger partial charge < -0.3 is 10.2 Å². The molecule has 1 N–H and O–H groups in total. The zero-order chi connectivity index (χ0) is 12.8. The summed E-state index contributed by atoms with van der Waals surface area (Å²) in [6, 6.07) is 0.286. The van der Waals surface area contributed by atoms with Gasteiger partial charge in [-0.25, -0.2) is 0 Å². The van der Waals surface area contributed by atoms with Gasteiger partial charge in [0.2, 0.25) is 5.91 Å². The second kappa shape index (κ2) is 6.89. The van der Waals surface area contributed by atoms with Gasteiger partial charge in [0.15, 0.2) is 0 Å². The van der Waals surface area contributed by atoms with E-state index in [-0.39, 0.29) is 17.4 Å². The molecule has 0 radical (unpaired) electrons. The lowest BCUT2D eigenvalue weighted by Gasteiger charge is -2.32. The van der Waals surface area contributed by atoms with Gasteiger partial charge in [-0.05, 0) is 33.4 Å². The van der Waals surface area contributed by atoms with E-state index in [0.717, 1.165) is 26.1 Å². The molecule has 0 aromatic carbocycles. The van der Waals surface area contributed by atoms with E-state index in [1.165, 1.54) is 0 Å². The Morgan fingerprint density at radius 3 is 2.25 bits per heavy atom. The van der Waals surface area contributed by atoms with Crippen molar-refractivity contribution in [2.75, 3.05) is 19.6 Å². The highest BCUT2D eigenvalue weighted by Gasteiger charge is 2.28. The number of nitrogens with one attached hydrogen (secondary N) is 1. The standard InChI is InChI=1S/C13H28N2O/c1-7-14-9-8-10-15(11(2)3)12(16)13(4,5)6/h11,14H,7-10H2,1-6H3. The van der Waals surface area contributed by atoms with Crippen molar-refractivity contribution >= 4 is 5.91 Å². The third-order valence-corrected chi connectivity index (χ3v) is 2.53. The van der Waals surface area contributed by atoms with Crippen LogP contribution in [0, 0.1) is 5.41 Å². The Morgan fingerprint density at radius 2 is 1.88 bits per heavy atom. The highest BCUT2D eigenvalue weighted by atomic mass is 16.2. The summed E-state index contributed by atoms with van der Waals surface area (Å²) >= 11 is 0. The molecule has 0 aliphatic rings. The predicted octanol–water partition coefficient (Wildman–Crippen LogP) is 2.27. The van der Waals surface area contributed by atoms with E-state index >= 15 is 0 Å². The highest BCUT2D eigenvalue weighted by molar-refractivity contribution is 5.81. The molecule has 0 unspecified atom stereocenters. The van der Waals surface area contributed by atoms with Crippen molar-refractivity contribution < 1.29 is 4.79 Å². The van der Waals surface area contributed by atoms with Crippen LogP contribution in [-0.4, -0.2) is 36.5 Å². The van der Waals surface area contributed by atoms with E-state index in [9.17, 15) is 4.79 Å². The van der Waals surface area contributed by atoms with Crippen molar-refractivity contribution in [3.8, 4) is 0 Å². The normalized spacial score (nSPS) is 11.9. The molecule has 3 heteroatoms. The third-order valence-electron chi connectivity index (χ3n) is 2.53. The van der Waals surface area contributed by atoms with Crippen LogP contribution in [0.1, 0.15) is 48.0 Å². The molecule has 0 spiro atoms. The minimum atomic E-state index is -0.275. The number of carbonyl (C=O) groups excluding carboxylic acids is 1. The Morgan fingerprint density at radius 1 is 1.31 bits per heavy atom. The average molecular weight is 228 g/mol. The lowest BCUT2D eigenvalue weighted by atomic mass is 9.94. The summed E-state index contributed by atoms with van der Waals surface area (Å²) in [5.41, 5.74) is -0.275. The Hall–Kier alpha value is -0.570. The maximum atomic E-state index is 12.2. The maximum Gasteiger partial charge on any atom is 0.228 e. The Bertz CT molecular complexity index is 206. The van der Waals surface area contributed by atoms with E-state index in [0.29, 0.717) is 0 Å². The van der Waals surface area contributed by atoms with Crippen LogP contribution in [-0.2, 0) is 4.79 Å². The molecule has 0 bridgehead atoms. The molecule has 0 aliphatic carbocycles. The van der Waals surface area contributed by atoms with Crippen molar-refractivity contribution in [3.05, 3.63) is 0 Å². The zero-order valence-electron chi connectivity index (χ0n) is 11.8. The van der Waals surface area contributed by atoms with Crippen molar-refractivity contribution in [3.63, 3.8) is 0 Å². The van der Waals surface area contributed by atoms with E-state index < -0.39 is 0 Å². The maximum absolute atomic E-state index is 12.2. The topological polar surface area (TPSA) is 32.3 Å². The van der Waals surface area contributed by atoms with Crippen LogP contribution >= 0.6 is 0 Å². The first-order valence-corrected chi connectivity index (χ1v) is 6.32. The summed E-state index contributed by atoms with van der Waals surface area (Å²) in [7, 11) is 0.